The third-order valence-corrected chi connectivity index (χ3v) is 13.1. The SMILES string of the molecule is C=CCBr.C=CCOc1nc(-c2cccc(OC)c2)ccc1C#N.C=CCn1c(-c2cccc(OC)c2)ccc(C#N)c1=O.COC(OC)N(C)C.COc1cccc(-c2ccc(C#N)c(=O)[nH]2)c1.COc1cccc(C(=O)/C=C\N(C)C)c1.COc1cccc(C(C)=O)c1.N#CCC(N)=O.O=CO[O-].[H-].[H-].[K+].[K+].[Na+]. The van der Waals surface area contributed by atoms with Crippen molar-refractivity contribution in [3.8, 4) is 92.7 Å². The molecule has 3 aromatic heterocycles. The monoisotopic (exact) mass is 1600 g/mol. The Morgan fingerprint density at radius 3 is 1.48 bits per heavy atom. The number of Topliss-reactive ketones (excluding diaryl/α,β-unsaturated/α-hetero) is 1. The van der Waals surface area contributed by atoms with Gasteiger partial charge < -0.3 is 71.1 Å². The van der Waals surface area contributed by atoms with Crippen LogP contribution in [0, 0.1) is 45.3 Å². The molecule has 3 N–H and O–H groups in total. The second kappa shape index (κ2) is 64.5. The maximum absolute atomic E-state index is 12.2. The van der Waals surface area contributed by atoms with Gasteiger partial charge in [0, 0.05) is 86.0 Å². The summed E-state index contributed by atoms with van der Waals surface area (Å²) < 4.78 is 42.2. The van der Waals surface area contributed by atoms with Crippen LogP contribution in [0.25, 0.3) is 33.8 Å². The molecule has 0 atom stereocenters. The molecule has 0 aliphatic rings. The molecule has 0 spiro atoms. The van der Waals surface area contributed by atoms with E-state index in [0.29, 0.717) is 58.7 Å². The van der Waals surface area contributed by atoms with Gasteiger partial charge in [0.15, 0.2) is 11.6 Å². The molecule has 0 unspecified atom stereocenters. The van der Waals surface area contributed by atoms with Crippen molar-refractivity contribution in [1.82, 2.24) is 24.3 Å². The second-order valence-electron chi connectivity index (χ2n) is 20.5. The number of ketones is 2. The maximum atomic E-state index is 12.2. The number of rotatable bonds is 23. The van der Waals surface area contributed by atoms with Crippen molar-refractivity contribution in [3.63, 3.8) is 0 Å². The molecule has 5 aromatic carbocycles. The quantitative estimate of drug-likeness (QED) is 0.0107. The molecular weight excluding hydrogens is 1510 g/mol. The smallest absolute Gasteiger partial charge is 1.00 e. The predicted octanol–water partition coefficient (Wildman–Crippen LogP) is 2.30. The van der Waals surface area contributed by atoms with Crippen LogP contribution in [-0.4, -0.2) is 145 Å². The summed E-state index contributed by atoms with van der Waals surface area (Å²) in [5.41, 5.74) is 10.5. The van der Waals surface area contributed by atoms with Crippen LogP contribution >= 0.6 is 15.9 Å². The van der Waals surface area contributed by atoms with E-state index in [9.17, 15) is 24.0 Å². The van der Waals surface area contributed by atoms with E-state index in [0.717, 1.165) is 44.9 Å². The average Bonchev–Trinajstić information content (AvgIpc) is 0.818. The number of nitrogens with zero attached hydrogens (tertiary/aromatic N) is 8. The van der Waals surface area contributed by atoms with Crippen molar-refractivity contribution < 1.29 is 202 Å². The summed E-state index contributed by atoms with van der Waals surface area (Å²) in [4.78, 5) is 77.7. The van der Waals surface area contributed by atoms with Crippen molar-refractivity contribution in [2.24, 2.45) is 5.73 Å². The zero-order valence-electron chi connectivity index (χ0n) is 65.6. The Hall–Kier alpha value is -8.46. The average molecular weight is 1600 g/mol. The van der Waals surface area contributed by atoms with Crippen LogP contribution in [-0.2, 0) is 30.5 Å². The number of H-pyrrole nitrogens is 1. The van der Waals surface area contributed by atoms with Crippen LogP contribution in [0.3, 0.4) is 0 Å². The maximum Gasteiger partial charge on any atom is 1.00 e. The number of nitriles is 4. The predicted molar refractivity (Wildman–Crippen MR) is 405 cm³/mol. The van der Waals surface area contributed by atoms with Crippen LogP contribution in [0.5, 0.6) is 34.6 Å². The molecule has 30 heteroatoms. The standard InChI is InChI=1S/2C16H14N2O2.C13H10N2O2.C12H15NO2.C9H10O2.C5H13NO2.C3H5Br.C3H4N2O.CH2O3.2K.Na.2H/c1-3-9-20-16-13(11-17)7-8-15(18-16)12-5-4-6-14(10-12)19-2;1-3-9-18-15(8-7-13(11-17)16(18)19)12-5-4-6-14(10-12)20-2;1-17-11-4-2-3-9(7-11)12-6-5-10(8-14)13(16)15-12;1-13(2)8-7-12(14)10-5-4-6-11(9-10)15-3;1-7(10)8-4-3-5-9(6-8)11-2;1-6(2)5(7-3)8-4;1-2-3-4;4-2-1-3(5)6;2-1-4-3;;;;;/h2*3-8,10H,1,9H2,2H3;2-7H,1H3,(H,15,16);4-9H,1-3H3;3-6H,1-2H3;5H,1-4H3;2H,1,3H2;1H2,(H2,5,6);1,3H;;;;;/q;;;;;;;;;3*+1;2*-1/p-1/b;;;8-7-;;;;;;;;;;. The summed E-state index contributed by atoms with van der Waals surface area (Å²) in [7, 11) is 18.7. The van der Waals surface area contributed by atoms with Gasteiger partial charge in [-0.1, -0.05) is 101 Å². The molecule has 0 saturated carbocycles. The third kappa shape index (κ3) is 42.9. The largest absolute Gasteiger partial charge is 1.00 e. The van der Waals surface area contributed by atoms with Gasteiger partial charge in [-0.3, -0.25) is 33.7 Å². The van der Waals surface area contributed by atoms with E-state index < -0.39 is 5.91 Å². The van der Waals surface area contributed by atoms with E-state index in [1.54, 1.807) is 141 Å². The van der Waals surface area contributed by atoms with E-state index in [-0.39, 0.29) is 188 Å². The van der Waals surface area contributed by atoms with Gasteiger partial charge in [0.2, 0.25) is 18.2 Å². The number of allylic oxidation sites excluding steroid dienone is 3. The number of carbonyl (C=O) groups excluding carboxylic acids is 4. The molecule has 26 nitrogen and oxygen atoms in total. The summed E-state index contributed by atoms with van der Waals surface area (Å²) in [6, 6.07) is 53.9. The number of nitrogens with one attached hydrogen (secondary N) is 1. The molecule has 0 bridgehead atoms. The Labute approximate surface area is 749 Å². The molecule has 0 aliphatic heterocycles. The van der Waals surface area contributed by atoms with Crippen molar-refractivity contribution in [2.75, 3.05) is 89.9 Å². The minimum Gasteiger partial charge on any atom is -1.00 e. The Morgan fingerprint density at radius 2 is 1.08 bits per heavy atom. The van der Waals surface area contributed by atoms with E-state index >= 15 is 0 Å². The minimum absolute atomic E-state index is 0. The zero-order valence-corrected chi connectivity index (χ0v) is 73.4. The first-order chi connectivity index (χ1) is 50.4. The third-order valence-electron chi connectivity index (χ3n) is 12.6. The van der Waals surface area contributed by atoms with Gasteiger partial charge in [0.1, 0.15) is 76.7 Å². The molecule has 8 rings (SSSR count). The number of pyridine rings is 3. The number of methoxy groups -OCH3 is 7. The van der Waals surface area contributed by atoms with Gasteiger partial charge in [0.25, 0.3) is 17.6 Å². The number of amides is 1. The molecule has 556 valence electrons. The minimum atomic E-state index is -0.572. The van der Waals surface area contributed by atoms with E-state index in [4.69, 9.17) is 69.0 Å². The molecule has 1 amide bonds. The van der Waals surface area contributed by atoms with E-state index in [2.05, 4.69) is 62.3 Å². The van der Waals surface area contributed by atoms with Crippen LogP contribution in [0.1, 0.15) is 53.6 Å². The van der Waals surface area contributed by atoms with Crippen molar-refractivity contribution >= 4 is 39.9 Å². The summed E-state index contributed by atoms with van der Waals surface area (Å²) in [5.74, 6) is 3.37. The summed E-state index contributed by atoms with van der Waals surface area (Å²) >= 11 is 3.13. The van der Waals surface area contributed by atoms with Gasteiger partial charge in [-0.2, -0.15) is 21.0 Å². The molecule has 8 aromatic rings. The van der Waals surface area contributed by atoms with Crippen LogP contribution in [0.15, 0.2) is 218 Å². The fourth-order valence-electron chi connectivity index (χ4n) is 7.77. The van der Waals surface area contributed by atoms with Gasteiger partial charge >= 0.3 is 132 Å². The van der Waals surface area contributed by atoms with Crippen LogP contribution in [0.4, 0.5) is 0 Å². The molecule has 0 radical (unpaired) electrons. The van der Waals surface area contributed by atoms with Gasteiger partial charge in [-0.25, -0.2) is 4.98 Å². The Kier molecular flexibility index (Phi) is 63.3. The van der Waals surface area contributed by atoms with Crippen molar-refractivity contribution in [2.45, 2.75) is 26.3 Å². The van der Waals surface area contributed by atoms with Gasteiger partial charge in [-0.15, -0.1) is 13.2 Å². The number of hydrogen-bond donors (Lipinski definition) is 2. The molecule has 0 saturated heterocycles. The molecule has 108 heavy (non-hydrogen) atoms. The topological polar surface area (TPSA) is 370 Å². The van der Waals surface area contributed by atoms with Crippen molar-refractivity contribution in [1.29, 1.82) is 21.0 Å². The fourth-order valence-corrected chi connectivity index (χ4v) is 7.77. The number of ether oxygens (including phenoxy) is 8. The second-order valence-corrected chi connectivity index (χ2v) is 21.1. The first-order valence-electron chi connectivity index (χ1n) is 30.8. The Morgan fingerprint density at radius 1 is 0.639 bits per heavy atom. The van der Waals surface area contributed by atoms with Crippen LogP contribution < -0.4 is 183 Å². The van der Waals surface area contributed by atoms with Gasteiger partial charge in [-0.05, 0) is 118 Å². The Bertz CT molecular complexity index is 4380. The number of benzene rings is 5. The Balaban J connectivity index is -0.000000287. The normalized spacial score (nSPS) is 9.11. The number of halogens is 1. The summed E-state index contributed by atoms with van der Waals surface area (Å²) in [6.45, 7) is 12.7. The summed E-state index contributed by atoms with van der Waals surface area (Å²) in [6.07, 6.45) is 7.90. The number of alkyl halides is 1. The van der Waals surface area contributed by atoms with E-state index in [1.807, 2.05) is 135 Å². The van der Waals surface area contributed by atoms with Crippen LogP contribution in [0.2, 0.25) is 0 Å². The first-order valence-corrected chi connectivity index (χ1v) is 32.0. The molecule has 0 fully saturated rings. The fraction of sp³-hybridized carbons (Fsp3) is 0.218. The summed E-state index contributed by atoms with van der Waals surface area (Å²) in [5, 5.41) is 43.7. The van der Waals surface area contributed by atoms with Gasteiger partial charge in [0.05, 0.1) is 53.0 Å². The molecule has 0 aliphatic carbocycles. The number of carbonyl (C=O) groups is 4. The number of aromatic amines is 1. The number of nitrogens with two attached hydrogens (primary N) is 1. The number of primary amides is 1. The first kappa shape index (κ1) is 106. The molecule has 3 heterocycles. The van der Waals surface area contributed by atoms with Crippen molar-refractivity contribution in [3.05, 3.63) is 256 Å². The molecular formula is C78H88BrK2N10NaO16. The zero-order chi connectivity index (χ0) is 79.1. The number of aromatic nitrogens is 3. The number of hydrogen-bond acceptors (Lipinski definition) is 23. The van der Waals surface area contributed by atoms with E-state index in [1.165, 1.54) is 29.7 Å².